The molecule has 0 aliphatic heterocycles. The standard InChI is InChI=1S/C14H12N2O3S/c17-11(16-14(6-7-14)13(18)19)10-8-15-12(20-10)9-4-2-1-3-5-9/h1-5,8H,6-7H2,(H,16,17)(H,18,19). The fourth-order valence-corrected chi connectivity index (χ4v) is 2.71. The molecule has 1 heterocycles. The van der Waals surface area contributed by atoms with Crippen LogP contribution in [-0.2, 0) is 4.79 Å². The molecule has 3 rings (SSSR count). The normalized spacial score (nSPS) is 15.6. The van der Waals surface area contributed by atoms with Gasteiger partial charge in [-0.1, -0.05) is 30.3 Å². The molecule has 1 aliphatic carbocycles. The van der Waals surface area contributed by atoms with Crippen molar-refractivity contribution in [1.29, 1.82) is 0 Å². The van der Waals surface area contributed by atoms with Crippen molar-refractivity contribution in [3.63, 3.8) is 0 Å². The Morgan fingerprint density at radius 1 is 1.25 bits per heavy atom. The zero-order valence-electron chi connectivity index (χ0n) is 10.5. The largest absolute Gasteiger partial charge is 0.480 e. The number of carbonyl (C=O) groups excluding carboxylic acids is 1. The van der Waals surface area contributed by atoms with Crippen molar-refractivity contribution >= 4 is 23.2 Å². The molecule has 1 saturated carbocycles. The number of aliphatic carboxylic acids is 1. The molecule has 1 aromatic heterocycles. The van der Waals surface area contributed by atoms with E-state index in [0.29, 0.717) is 17.7 Å². The average Bonchev–Trinajstić information content (AvgIpc) is 3.07. The Balaban J connectivity index is 1.77. The molecule has 20 heavy (non-hydrogen) atoms. The first-order valence-corrected chi connectivity index (χ1v) is 6.99. The van der Waals surface area contributed by atoms with Crippen molar-refractivity contribution in [2.75, 3.05) is 0 Å². The number of carboxylic acids is 1. The molecular formula is C14H12N2O3S. The van der Waals surface area contributed by atoms with E-state index in [1.54, 1.807) is 0 Å². The minimum Gasteiger partial charge on any atom is -0.480 e. The highest BCUT2D eigenvalue weighted by Gasteiger charge is 2.51. The fourth-order valence-electron chi connectivity index (χ4n) is 1.89. The topological polar surface area (TPSA) is 79.3 Å². The van der Waals surface area contributed by atoms with Crippen molar-refractivity contribution in [3.8, 4) is 10.6 Å². The second kappa shape index (κ2) is 4.72. The fraction of sp³-hybridized carbons (Fsp3) is 0.214. The zero-order valence-corrected chi connectivity index (χ0v) is 11.3. The van der Waals surface area contributed by atoms with Crippen molar-refractivity contribution in [2.24, 2.45) is 0 Å². The maximum atomic E-state index is 12.0. The van der Waals surface area contributed by atoms with Crippen LogP contribution in [0.1, 0.15) is 22.5 Å². The summed E-state index contributed by atoms with van der Waals surface area (Å²) in [5.41, 5.74) is -0.121. The van der Waals surface area contributed by atoms with Crippen LogP contribution < -0.4 is 5.32 Å². The molecule has 102 valence electrons. The molecule has 2 N–H and O–H groups in total. The molecule has 2 aromatic rings. The lowest BCUT2D eigenvalue weighted by atomic mass is 10.2. The number of carbonyl (C=O) groups is 2. The summed E-state index contributed by atoms with van der Waals surface area (Å²) in [6.45, 7) is 0. The maximum Gasteiger partial charge on any atom is 0.329 e. The second-order valence-electron chi connectivity index (χ2n) is 4.74. The van der Waals surface area contributed by atoms with Crippen molar-refractivity contribution in [2.45, 2.75) is 18.4 Å². The first kappa shape index (κ1) is 12.8. The second-order valence-corrected chi connectivity index (χ2v) is 5.77. The van der Waals surface area contributed by atoms with Crippen LogP contribution >= 0.6 is 11.3 Å². The lowest BCUT2D eigenvalue weighted by molar-refractivity contribution is -0.140. The average molecular weight is 288 g/mol. The summed E-state index contributed by atoms with van der Waals surface area (Å²) in [7, 11) is 0. The lowest BCUT2D eigenvalue weighted by Crippen LogP contribution is -2.42. The van der Waals surface area contributed by atoms with E-state index in [-0.39, 0.29) is 5.91 Å². The first-order chi connectivity index (χ1) is 9.61. The van der Waals surface area contributed by atoms with Crippen LogP contribution in [0.4, 0.5) is 0 Å². The van der Waals surface area contributed by atoms with E-state index in [9.17, 15) is 9.59 Å². The summed E-state index contributed by atoms with van der Waals surface area (Å²) >= 11 is 1.26. The minimum absolute atomic E-state index is 0.371. The summed E-state index contributed by atoms with van der Waals surface area (Å²) in [6, 6.07) is 9.55. The van der Waals surface area contributed by atoms with E-state index in [4.69, 9.17) is 5.11 Å². The molecule has 0 atom stereocenters. The van der Waals surface area contributed by atoms with Crippen molar-refractivity contribution < 1.29 is 14.7 Å². The Bertz CT molecular complexity index is 662. The Hall–Kier alpha value is -2.21. The number of hydrogen-bond donors (Lipinski definition) is 2. The van der Waals surface area contributed by atoms with E-state index in [0.717, 1.165) is 10.6 Å². The Morgan fingerprint density at radius 3 is 2.55 bits per heavy atom. The molecule has 1 amide bonds. The number of carboxylic acid groups (broad SMARTS) is 1. The van der Waals surface area contributed by atoms with Gasteiger partial charge in [0.1, 0.15) is 15.4 Å². The summed E-state index contributed by atoms with van der Waals surface area (Å²) in [4.78, 5) is 27.7. The van der Waals surface area contributed by atoms with Crippen LogP contribution in [0, 0.1) is 0 Å². The number of aromatic nitrogens is 1. The predicted octanol–water partition coefficient (Wildman–Crippen LogP) is 2.16. The summed E-state index contributed by atoms with van der Waals surface area (Å²) in [6.07, 6.45) is 2.46. The van der Waals surface area contributed by atoms with Crippen LogP contribution in [0.2, 0.25) is 0 Å². The van der Waals surface area contributed by atoms with E-state index in [1.165, 1.54) is 17.5 Å². The quantitative estimate of drug-likeness (QED) is 0.903. The lowest BCUT2D eigenvalue weighted by Gasteiger charge is -2.10. The highest BCUT2D eigenvalue weighted by molar-refractivity contribution is 7.16. The van der Waals surface area contributed by atoms with E-state index in [1.807, 2.05) is 30.3 Å². The van der Waals surface area contributed by atoms with Gasteiger partial charge in [-0.15, -0.1) is 11.3 Å². The molecule has 0 spiro atoms. The highest BCUT2D eigenvalue weighted by Crippen LogP contribution is 2.36. The van der Waals surface area contributed by atoms with Gasteiger partial charge in [-0.05, 0) is 12.8 Å². The van der Waals surface area contributed by atoms with Gasteiger partial charge in [0.25, 0.3) is 5.91 Å². The van der Waals surface area contributed by atoms with Crippen LogP contribution in [0.15, 0.2) is 36.5 Å². The monoisotopic (exact) mass is 288 g/mol. The van der Waals surface area contributed by atoms with Crippen LogP contribution in [0.5, 0.6) is 0 Å². The van der Waals surface area contributed by atoms with E-state index >= 15 is 0 Å². The Labute approximate surface area is 119 Å². The Kier molecular flexibility index (Phi) is 3.02. The van der Waals surface area contributed by atoms with Crippen molar-refractivity contribution in [1.82, 2.24) is 10.3 Å². The maximum absolute atomic E-state index is 12.0. The molecule has 1 aliphatic rings. The first-order valence-electron chi connectivity index (χ1n) is 6.18. The highest BCUT2D eigenvalue weighted by atomic mass is 32.1. The summed E-state index contributed by atoms with van der Waals surface area (Å²) in [5.74, 6) is -1.34. The molecule has 1 aromatic carbocycles. The number of rotatable bonds is 4. The SMILES string of the molecule is O=C(NC1(C(=O)O)CC1)c1cnc(-c2ccccc2)s1. The van der Waals surface area contributed by atoms with E-state index in [2.05, 4.69) is 10.3 Å². The summed E-state index contributed by atoms with van der Waals surface area (Å²) < 4.78 is 0. The number of benzene rings is 1. The van der Waals surface area contributed by atoms with Gasteiger partial charge in [-0.2, -0.15) is 0 Å². The number of hydrogen-bond acceptors (Lipinski definition) is 4. The van der Waals surface area contributed by atoms with Crippen molar-refractivity contribution in [3.05, 3.63) is 41.4 Å². The number of thiazole rings is 1. The van der Waals surface area contributed by atoms with Gasteiger partial charge in [0, 0.05) is 5.56 Å². The molecule has 0 saturated heterocycles. The third-order valence-electron chi connectivity index (χ3n) is 3.26. The molecular weight excluding hydrogens is 276 g/mol. The third kappa shape index (κ3) is 2.30. The minimum atomic E-state index is -1.06. The van der Waals surface area contributed by atoms with Gasteiger partial charge in [0.2, 0.25) is 0 Å². The van der Waals surface area contributed by atoms with Gasteiger partial charge >= 0.3 is 5.97 Å². The smallest absolute Gasteiger partial charge is 0.329 e. The predicted molar refractivity (Wildman–Crippen MR) is 74.6 cm³/mol. The number of nitrogens with one attached hydrogen (secondary N) is 1. The van der Waals surface area contributed by atoms with Gasteiger partial charge in [0.05, 0.1) is 6.20 Å². The zero-order chi connectivity index (χ0) is 14.2. The van der Waals surface area contributed by atoms with Gasteiger partial charge in [-0.25, -0.2) is 9.78 Å². The molecule has 0 bridgehead atoms. The van der Waals surface area contributed by atoms with Crippen LogP contribution in [-0.4, -0.2) is 27.5 Å². The molecule has 6 heteroatoms. The third-order valence-corrected chi connectivity index (χ3v) is 4.31. The van der Waals surface area contributed by atoms with Crippen LogP contribution in [0.3, 0.4) is 0 Å². The molecule has 1 fully saturated rings. The Morgan fingerprint density at radius 2 is 1.95 bits per heavy atom. The molecule has 0 radical (unpaired) electrons. The van der Waals surface area contributed by atoms with Crippen LogP contribution in [0.25, 0.3) is 10.6 Å². The van der Waals surface area contributed by atoms with E-state index < -0.39 is 11.5 Å². The van der Waals surface area contributed by atoms with Gasteiger partial charge in [-0.3, -0.25) is 4.79 Å². The van der Waals surface area contributed by atoms with Gasteiger partial charge in [0.15, 0.2) is 0 Å². The van der Waals surface area contributed by atoms with Gasteiger partial charge < -0.3 is 10.4 Å². The molecule has 0 unspecified atom stereocenters. The summed E-state index contributed by atoms with van der Waals surface area (Å²) in [5, 5.41) is 12.4. The number of amides is 1. The number of nitrogens with zero attached hydrogens (tertiary/aromatic N) is 1. The molecule has 5 nitrogen and oxygen atoms in total.